The Morgan fingerprint density at radius 2 is 2.12 bits per heavy atom. The molecule has 1 amide bonds. The van der Waals surface area contributed by atoms with Crippen LogP contribution in [0.15, 0.2) is 30.5 Å². The van der Waals surface area contributed by atoms with Crippen LogP contribution in [0.3, 0.4) is 0 Å². The van der Waals surface area contributed by atoms with Crippen molar-refractivity contribution in [1.29, 1.82) is 0 Å². The summed E-state index contributed by atoms with van der Waals surface area (Å²) in [6.45, 7) is 1.95. The molecule has 9 heteroatoms. The average molecular weight is 385 g/mol. The summed E-state index contributed by atoms with van der Waals surface area (Å²) in [7, 11) is 0. The number of hydrogen-bond acceptors (Lipinski definition) is 5. The van der Waals surface area contributed by atoms with E-state index in [4.69, 9.17) is 0 Å². The number of piperidine rings is 1. The molecule has 0 aliphatic carbocycles. The van der Waals surface area contributed by atoms with Crippen LogP contribution in [0.1, 0.15) is 29.2 Å². The average Bonchev–Trinajstić information content (AvgIpc) is 3.02. The maximum atomic E-state index is 12.3. The molecule has 0 saturated carbocycles. The molecule has 0 spiro atoms. The summed E-state index contributed by atoms with van der Waals surface area (Å²) < 4.78 is 40.7. The SMILES string of the molecule is O=C(Cc1cccc(OC(F)(F)F)c1)Nc1ncc(C2CCNCC2)s1. The van der Waals surface area contributed by atoms with Crippen LogP contribution in [-0.2, 0) is 11.2 Å². The predicted octanol–water partition coefficient (Wildman–Crippen LogP) is 3.69. The summed E-state index contributed by atoms with van der Waals surface area (Å²) in [5.41, 5.74) is 0.430. The Balaban J connectivity index is 1.57. The van der Waals surface area contributed by atoms with E-state index in [0.717, 1.165) is 30.8 Å². The lowest BCUT2D eigenvalue weighted by molar-refractivity contribution is -0.274. The monoisotopic (exact) mass is 385 g/mol. The molecule has 26 heavy (non-hydrogen) atoms. The number of nitrogens with one attached hydrogen (secondary N) is 2. The van der Waals surface area contributed by atoms with Gasteiger partial charge in [-0.15, -0.1) is 24.5 Å². The van der Waals surface area contributed by atoms with E-state index in [2.05, 4.69) is 20.4 Å². The first-order valence-electron chi connectivity index (χ1n) is 8.20. The standard InChI is InChI=1S/C17H18F3N3O2S/c18-17(19,20)25-13-3-1-2-11(8-13)9-15(24)23-16-22-10-14(26-16)12-4-6-21-7-5-12/h1-3,8,10,12,21H,4-7,9H2,(H,22,23,24). The minimum atomic E-state index is -4.76. The highest BCUT2D eigenvalue weighted by Crippen LogP contribution is 2.31. The molecule has 5 nitrogen and oxygen atoms in total. The summed E-state index contributed by atoms with van der Waals surface area (Å²) >= 11 is 1.45. The van der Waals surface area contributed by atoms with Gasteiger partial charge >= 0.3 is 6.36 Å². The number of carbonyl (C=O) groups is 1. The van der Waals surface area contributed by atoms with Crippen molar-refractivity contribution in [2.45, 2.75) is 31.5 Å². The van der Waals surface area contributed by atoms with Crippen molar-refractivity contribution in [3.63, 3.8) is 0 Å². The Kier molecular flexibility index (Phi) is 5.77. The number of nitrogens with zero attached hydrogens (tertiary/aromatic N) is 1. The zero-order valence-electron chi connectivity index (χ0n) is 13.8. The van der Waals surface area contributed by atoms with Crippen molar-refractivity contribution < 1.29 is 22.7 Å². The number of alkyl halides is 3. The van der Waals surface area contributed by atoms with Gasteiger partial charge in [0.25, 0.3) is 0 Å². The first kappa shape index (κ1) is 18.7. The van der Waals surface area contributed by atoms with Gasteiger partial charge in [0.15, 0.2) is 5.13 Å². The summed E-state index contributed by atoms with van der Waals surface area (Å²) in [6, 6.07) is 5.39. The fourth-order valence-corrected chi connectivity index (χ4v) is 3.84. The van der Waals surface area contributed by atoms with E-state index < -0.39 is 6.36 Å². The van der Waals surface area contributed by atoms with Gasteiger partial charge in [0.05, 0.1) is 6.42 Å². The number of ether oxygens (including phenoxy) is 1. The van der Waals surface area contributed by atoms with Gasteiger partial charge in [-0.05, 0) is 49.5 Å². The Morgan fingerprint density at radius 1 is 1.35 bits per heavy atom. The van der Waals surface area contributed by atoms with Gasteiger partial charge in [-0.1, -0.05) is 12.1 Å². The van der Waals surface area contributed by atoms with Crippen molar-refractivity contribution in [3.05, 3.63) is 40.9 Å². The Labute approximate surface area is 152 Å². The van der Waals surface area contributed by atoms with E-state index in [1.165, 1.54) is 29.5 Å². The van der Waals surface area contributed by atoms with Crippen molar-refractivity contribution in [1.82, 2.24) is 10.3 Å². The summed E-state index contributed by atoms with van der Waals surface area (Å²) in [5.74, 6) is -0.221. The van der Waals surface area contributed by atoms with E-state index in [-0.39, 0.29) is 18.1 Å². The number of halogens is 3. The molecule has 140 valence electrons. The highest BCUT2D eigenvalue weighted by molar-refractivity contribution is 7.15. The number of carbonyl (C=O) groups excluding carboxylic acids is 1. The third kappa shape index (κ3) is 5.43. The molecule has 0 atom stereocenters. The molecule has 2 aromatic rings. The maximum Gasteiger partial charge on any atom is 0.573 e. The van der Waals surface area contributed by atoms with Gasteiger partial charge in [-0.25, -0.2) is 4.98 Å². The van der Waals surface area contributed by atoms with Crippen LogP contribution in [-0.4, -0.2) is 30.3 Å². The van der Waals surface area contributed by atoms with Crippen LogP contribution >= 0.6 is 11.3 Å². The number of thiazole rings is 1. The molecule has 1 saturated heterocycles. The van der Waals surface area contributed by atoms with Crippen LogP contribution in [0, 0.1) is 0 Å². The molecule has 1 aliphatic heterocycles. The molecule has 3 rings (SSSR count). The first-order valence-corrected chi connectivity index (χ1v) is 9.02. The molecular weight excluding hydrogens is 367 g/mol. The highest BCUT2D eigenvalue weighted by atomic mass is 32.1. The fraction of sp³-hybridized carbons (Fsp3) is 0.412. The molecular formula is C17H18F3N3O2S. The van der Waals surface area contributed by atoms with Crippen LogP contribution in [0.25, 0.3) is 0 Å². The Hall–Kier alpha value is -2.13. The molecule has 1 fully saturated rings. The second-order valence-corrected chi connectivity index (χ2v) is 7.07. The van der Waals surface area contributed by atoms with Crippen LogP contribution in [0.2, 0.25) is 0 Å². The molecule has 2 heterocycles. The molecule has 2 N–H and O–H groups in total. The largest absolute Gasteiger partial charge is 0.573 e. The van der Waals surface area contributed by atoms with Gasteiger partial charge in [0, 0.05) is 11.1 Å². The minimum absolute atomic E-state index is 0.0582. The molecule has 1 aliphatic rings. The summed E-state index contributed by atoms with van der Waals surface area (Å²) in [6.07, 6.45) is -0.943. The molecule has 1 aromatic heterocycles. The zero-order chi connectivity index (χ0) is 18.6. The van der Waals surface area contributed by atoms with E-state index in [1.54, 1.807) is 12.3 Å². The molecule has 0 bridgehead atoms. The number of anilines is 1. The lowest BCUT2D eigenvalue weighted by atomic mass is 9.97. The second kappa shape index (κ2) is 8.05. The first-order chi connectivity index (χ1) is 12.4. The van der Waals surface area contributed by atoms with Crippen molar-refractivity contribution >= 4 is 22.4 Å². The van der Waals surface area contributed by atoms with Gasteiger partial charge in [0.1, 0.15) is 5.75 Å². The van der Waals surface area contributed by atoms with Crippen molar-refractivity contribution in [2.24, 2.45) is 0 Å². The number of benzene rings is 1. The second-order valence-electron chi connectivity index (χ2n) is 6.01. The van der Waals surface area contributed by atoms with Crippen LogP contribution < -0.4 is 15.4 Å². The number of hydrogen-bond donors (Lipinski definition) is 2. The lowest BCUT2D eigenvalue weighted by Crippen LogP contribution is -2.26. The topological polar surface area (TPSA) is 63.2 Å². The Morgan fingerprint density at radius 3 is 2.85 bits per heavy atom. The van der Waals surface area contributed by atoms with Gasteiger partial charge < -0.3 is 15.4 Å². The van der Waals surface area contributed by atoms with Gasteiger partial charge in [-0.2, -0.15) is 0 Å². The minimum Gasteiger partial charge on any atom is -0.406 e. The highest BCUT2D eigenvalue weighted by Gasteiger charge is 2.31. The van der Waals surface area contributed by atoms with Crippen LogP contribution in [0.4, 0.5) is 18.3 Å². The van der Waals surface area contributed by atoms with Crippen LogP contribution in [0.5, 0.6) is 5.75 Å². The van der Waals surface area contributed by atoms with Gasteiger partial charge in [-0.3, -0.25) is 4.79 Å². The van der Waals surface area contributed by atoms with E-state index in [9.17, 15) is 18.0 Å². The number of rotatable bonds is 5. The Bertz CT molecular complexity index is 758. The smallest absolute Gasteiger partial charge is 0.406 e. The fourth-order valence-electron chi connectivity index (χ4n) is 2.84. The van der Waals surface area contributed by atoms with E-state index in [1.807, 2.05) is 0 Å². The van der Waals surface area contributed by atoms with Crippen molar-refractivity contribution in [3.8, 4) is 5.75 Å². The maximum absolute atomic E-state index is 12.3. The van der Waals surface area contributed by atoms with E-state index >= 15 is 0 Å². The number of amides is 1. The third-order valence-electron chi connectivity index (χ3n) is 4.01. The summed E-state index contributed by atoms with van der Waals surface area (Å²) in [4.78, 5) is 17.5. The van der Waals surface area contributed by atoms with Crippen molar-refractivity contribution in [2.75, 3.05) is 18.4 Å². The molecule has 0 radical (unpaired) electrons. The quantitative estimate of drug-likeness (QED) is 0.824. The van der Waals surface area contributed by atoms with Gasteiger partial charge in [0.2, 0.25) is 5.91 Å². The van der Waals surface area contributed by atoms with E-state index in [0.29, 0.717) is 16.6 Å². The zero-order valence-corrected chi connectivity index (χ0v) is 14.6. The number of aromatic nitrogens is 1. The normalized spacial score (nSPS) is 15.7. The molecule has 1 aromatic carbocycles. The summed E-state index contributed by atoms with van der Waals surface area (Å²) in [5, 5.41) is 6.52. The molecule has 0 unspecified atom stereocenters. The predicted molar refractivity (Wildman–Crippen MR) is 92.4 cm³/mol. The lowest BCUT2D eigenvalue weighted by Gasteiger charge is -2.20. The third-order valence-corrected chi connectivity index (χ3v) is 5.08.